The Labute approximate surface area is 107 Å². The van der Waals surface area contributed by atoms with Gasteiger partial charge in [-0.1, -0.05) is 17.7 Å². The Morgan fingerprint density at radius 2 is 1.78 bits per heavy atom. The summed E-state index contributed by atoms with van der Waals surface area (Å²) in [6.45, 7) is 1.76. The highest BCUT2D eigenvalue weighted by atomic mass is 32.2. The van der Waals surface area contributed by atoms with E-state index in [1.165, 1.54) is 12.1 Å². The van der Waals surface area contributed by atoms with Gasteiger partial charge in [-0.05, 0) is 25.5 Å². The topological polar surface area (TPSA) is 52.6 Å². The zero-order valence-electron chi connectivity index (χ0n) is 10.3. The van der Waals surface area contributed by atoms with Crippen molar-refractivity contribution in [1.29, 1.82) is 0 Å². The molecule has 0 N–H and O–H groups in total. The Hall–Kier alpha value is -0.980. The van der Waals surface area contributed by atoms with Crippen molar-refractivity contribution in [3.63, 3.8) is 0 Å². The molecule has 1 rings (SSSR count). The summed E-state index contributed by atoms with van der Waals surface area (Å²) in [6.07, 6.45) is 0.310. The summed E-state index contributed by atoms with van der Waals surface area (Å²) >= 11 is 0. The molecule has 0 spiro atoms. The molecule has 0 aliphatic rings. The molecule has 0 saturated heterocycles. The summed E-state index contributed by atoms with van der Waals surface area (Å²) in [6, 6.07) is 6.39. The summed E-state index contributed by atoms with van der Waals surface area (Å²) in [7, 11) is -3.72. The monoisotopic (exact) mass is 276 g/mol. The second kappa shape index (κ2) is 7.45. The van der Waals surface area contributed by atoms with Gasteiger partial charge < -0.3 is 4.74 Å². The van der Waals surface area contributed by atoms with Crippen molar-refractivity contribution in [2.75, 3.05) is 26.5 Å². The van der Waals surface area contributed by atoms with E-state index in [1.54, 1.807) is 12.1 Å². The van der Waals surface area contributed by atoms with E-state index in [4.69, 9.17) is 8.92 Å². The van der Waals surface area contributed by atoms with Crippen LogP contribution in [0.5, 0.6) is 0 Å². The van der Waals surface area contributed by atoms with Crippen LogP contribution in [0.4, 0.5) is 4.39 Å². The number of benzene rings is 1. The van der Waals surface area contributed by atoms with Gasteiger partial charge in [0.05, 0.1) is 24.8 Å². The molecular formula is C12H17FO4S. The molecule has 0 fully saturated rings. The largest absolute Gasteiger partial charge is 0.379 e. The molecule has 1 aromatic rings. The molecule has 0 aliphatic heterocycles. The third kappa shape index (κ3) is 5.12. The van der Waals surface area contributed by atoms with Crippen molar-refractivity contribution in [3.05, 3.63) is 29.8 Å². The maximum atomic E-state index is 11.7. The maximum Gasteiger partial charge on any atom is 0.297 e. The van der Waals surface area contributed by atoms with Gasteiger partial charge in [0, 0.05) is 6.61 Å². The SMILES string of the molecule is Cc1ccc(S(=O)(=O)OCCOCCCF)cc1. The zero-order valence-corrected chi connectivity index (χ0v) is 11.1. The highest BCUT2D eigenvalue weighted by Crippen LogP contribution is 2.12. The molecule has 0 saturated carbocycles. The van der Waals surface area contributed by atoms with Crippen molar-refractivity contribution in [2.24, 2.45) is 0 Å². The van der Waals surface area contributed by atoms with E-state index in [9.17, 15) is 12.8 Å². The van der Waals surface area contributed by atoms with E-state index < -0.39 is 16.8 Å². The highest BCUT2D eigenvalue weighted by Gasteiger charge is 2.14. The van der Waals surface area contributed by atoms with Crippen molar-refractivity contribution in [1.82, 2.24) is 0 Å². The molecule has 0 unspecified atom stereocenters. The van der Waals surface area contributed by atoms with Crippen molar-refractivity contribution in [3.8, 4) is 0 Å². The predicted molar refractivity (Wildman–Crippen MR) is 65.7 cm³/mol. The van der Waals surface area contributed by atoms with Crippen molar-refractivity contribution >= 4 is 10.1 Å². The minimum absolute atomic E-state index is 0.0670. The third-order valence-electron chi connectivity index (χ3n) is 2.20. The zero-order chi connectivity index (χ0) is 13.4. The predicted octanol–water partition coefficient (Wildman–Crippen LogP) is 2.08. The van der Waals surface area contributed by atoms with Gasteiger partial charge in [-0.15, -0.1) is 0 Å². The number of ether oxygens (including phenoxy) is 1. The summed E-state index contributed by atoms with van der Waals surface area (Å²) in [5.41, 5.74) is 0.975. The molecule has 18 heavy (non-hydrogen) atoms. The van der Waals surface area contributed by atoms with Gasteiger partial charge in [-0.3, -0.25) is 8.57 Å². The first-order valence-electron chi connectivity index (χ1n) is 5.66. The Morgan fingerprint density at radius 3 is 2.39 bits per heavy atom. The molecule has 0 atom stereocenters. The van der Waals surface area contributed by atoms with Crippen LogP contribution in [0.2, 0.25) is 0 Å². The van der Waals surface area contributed by atoms with Gasteiger partial charge in [-0.2, -0.15) is 8.42 Å². The molecule has 0 amide bonds. The lowest BCUT2D eigenvalue weighted by molar-refractivity contribution is 0.0967. The number of alkyl halides is 1. The van der Waals surface area contributed by atoms with Gasteiger partial charge in [-0.25, -0.2) is 0 Å². The fraction of sp³-hybridized carbons (Fsp3) is 0.500. The fourth-order valence-corrected chi connectivity index (χ4v) is 2.13. The van der Waals surface area contributed by atoms with Crippen LogP contribution < -0.4 is 0 Å². The number of aryl methyl sites for hydroxylation is 1. The molecule has 102 valence electrons. The number of hydrogen-bond donors (Lipinski definition) is 0. The Balaban J connectivity index is 2.38. The average Bonchev–Trinajstić information content (AvgIpc) is 2.34. The highest BCUT2D eigenvalue weighted by molar-refractivity contribution is 7.86. The normalized spacial score (nSPS) is 11.7. The Morgan fingerprint density at radius 1 is 1.11 bits per heavy atom. The van der Waals surface area contributed by atoms with Crippen LogP contribution in [0, 0.1) is 6.92 Å². The first-order chi connectivity index (χ1) is 8.56. The third-order valence-corrected chi connectivity index (χ3v) is 3.52. The van der Waals surface area contributed by atoms with Gasteiger partial charge in [0.2, 0.25) is 0 Å². The van der Waals surface area contributed by atoms with Crippen LogP contribution in [0.15, 0.2) is 29.2 Å². The quantitative estimate of drug-likeness (QED) is 0.539. The first kappa shape index (κ1) is 15.1. The second-order valence-corrected chi connectivity index (χ2v) is 5.36. The average molecular weight is 276 g/mol. The van der Waals surface area contributed by atoms with E-state index >= 15 is 0 Å². The van der Waals surface area contributed by atoms with Crippen LogP contribution in [-0.4, -0.2) is 34.9 Å². The summed E-state index contributed by atoms with van der Waals surface area (Å²) in [4.78, 5) is 0.122. The number of rotatable bonds is 8. The second-order valence-electron chi connectivity index (χ2n) is 3.74. The van der Waals surface area contributed by atoms with Crippen LogP contribution in [-0.2, 0) is 19.0 Å². The van der Waals surface area contributed by atoms with Gasteiger partial charge in [0.25, 0.3) is 10.1 Å². The molecule has 0 heterocycles. The Kier molecular flexibility index (Phi) is 6.24. The molecule has 0 bridgehead atoms. The smallest absolute Gasteiger partial charge is 0.297 e. The summed E-state index contributed by atoms with van der Waals surface area (Å²) in [5, 5.41) is 0. The summed E-state index contributed by atoms with van der Waals surface area (Å²) < 4.78 is 44.9. The number of hydrogen-bond acceptors (Lipinski definition) is 4. The van der Waals surface area contributed by atoms with Crippen molar-refractivity contribution in [2.45, 2.75) is 18.2 Å². The van der Waals surface area contributed by atoms with Crippen LogP contribution in [0.25, 0.3) is 0 Å². The minimum atomic E-state index is -3.72. The lowest BCUT2D eigenvalue weighted by Crippen LogP contribution is -2.12. The fourth-order valence-electron chi connectivity index (χ4n) is 1.23. The van der Waals surface area contributed by atoms with E-state index in [2.05, 4.69) is 0 Å². The Bertz CT molecular complexity index is 442. The molecule has 4 nitrogen and oxygen atoms in total. The van der Waals surface area contributed by atoms with Crippen LogP contribution in [0.3, 0.4) is 0 Å². The molecule has 0 aromatic heterocycles. The first-order valence-corrected chi connectivity index (χ1v) is 7.07. The lowest BCUT2D eigenvalue weighted by atomic mass is 10.2. The lowest BCUT2D eigenvalue weighted by Gasteiger charge is -2.06. The van der Waals surface area contributed by atoms with E-state index in [1.807, 2.05) is 6.92 Å². The standard InChI is InChI=1S/C12H17FO4S/c1-11-3-5-12(6-4-11)18(14,15)17-10-9-16-8-2-7-13/h3-6H,2,7-10H2,1H3. The number of halogens is 1. The van der Waals surface area contributed by atoms with Crippen LogP contribution >= 0.6 is 0 Å². The molecule has 0 radical (unpaired) electrons. The molecule has 1 aromatic carbocycles. The molecule has 6 heteroatoms. The van der Waals surface area contributed by atoms with Gasteiger partial charge in [0.1, 0.15) is 0 Å². The van der Waals surface area contributed by atoms with Crippen molar-refractivity contribution < 1.29 is 21.7 Å². The summed E-state index contributed by atoms with van der Waals surface area (Å²) in [5.74, 6) is 0. The van der Waals surface area contributed by atoms with Crippen LogP contribution in [0.1, 0.15) is 12.0 Å². The van der Waals surface area contributed by atoms with E-state index in [0.29, 0.717) is 6.42 Å². The van der Waals surface area contributed by atoms with E-state index in [-0.39, 0.29) is 24.7 Å². The van der Waals surface area contributed by atoms with E-state index in [0.717, 1.165) is 5.56 Å². The maximum absolute atomic E-state index is 11.7. The van der Waals surface area contributed by atoms with Gasteiger partial charge in [0.15, 0.2) is 0 Å². The molecular weight excluding hydrogens is 259 g/mol. The molecule has 0 aliphatic carbocycles. The van der Waals surface area contributed by atoms with Gasteiger partial charge >= 0.3 is 0 Å². The minimum Gasteiger partial charge on any atom is -0.379 e.